The Morgan fingerprint density at radius 2 is 2.00 bits per heavy atom. The van der Waals surface area contributed by atoms with Crippen LogP contribution in [0, 0.1) is 6.92 Å². The first-order valence-corrected chi connectivity index (χ1v) is 8.48. The average molecular weight is 290 g/mol. The third-order valence-corrected chi connectivity index (χ3v) is 5.33. The molecule has 2 fully saturated rings. The first-order chi connectivity index (χ1) is 9.94. The van der Waals surface area contributed by atoms with Gasteiger partial charge in [0.15, 0.2) is 0 Å². The van der Waals surface area contributed by atoms with Crippen LogP contribution in [0.4, 0.5) is 0 Å². The maximum Gasteiger partial charge on any atom is 0.0597 e. The Bertz CT molecular complexity index is 497. The van der Waals surface area contributed by atoms with E-state index >= 15 is 0 Å². The van der Waals surface area contributed by atoms with Gasteiger partial charge in [0.2, 0.25) is 0 Å². The fraction of sp³-hybridized carbons (Fsp3) is 0.824. The second kappa shape index (κ2) is 5.40. The number of piperazine rings is 1. The van der Waals surface area contributed by atoms with Crippen molar-refractivity contribution in [3.05, 3.63) is 17.5 Å². The van der Waals surface area contributed by atoms with Gasteiger partial charge in [0.25, 0.3) is 0 Å². The van der Waals surface area contributed by atoms with E-state index in [0.717, 1.165) is 31.9 Å². The maximum atomic E-state index is 4.62. The number of aromatic nitrogens is 2. The number of nitrogens with zero attached hydrogens (tertiary/aromatic N) is 3. The van der Waals surface area contributed by atoms with E-state index in [2.05, 4.69) is 53.8 Å². The maximum absolute atomic E-state index is 4.62. The molecule has 1 N–H and O–H groups in total. The van der Waals surface area contributed by atoms with Crippen molar-refractivity contribution in [2.24, 2.45) is 0 Å². The second-order valence-corrected chi connectivity index (χ2v) is 7.62. The Morgan fingerprint density at radius 3 is 2.67 bits per heavy atom. The van der Waals surface area contributed by atoms with E-state index in [-0.39, 0.29) is 5.54 Å². The Hall–Kier alpha value is -0.870. The van der Waals surface area contributed by atoms with Crippen molar-refractivity contribution in [2.45, 2.75) is 77.5 Å². The van der Waals surface area contributed by atoms with Crippen LogP contribution in [0.5, 0.6) is 0 Å². The van der Waals surface area contributed by atoms with E-state index in [1.807, 2.05) is 0 Å². The summed E-state index contributed by atoms with van der Waals surface area (Å²) in [4.78, 5) is 2.75. The van der Waals surface area contributed by atoms with Crippen LogP contribution in [0.1, 0.15) is 57.8 Å². The smallest absolute Gasteiger partial charge is 0.0597 e. The molecule has 1 saturated heterocycles. The minimum Gasteiger partial charge on any atom is -0.309 e. The predicted octanol–water partition coefficient (Wildman–Crippen LogP) is 2.71. The molecule has 118 valence electrons. The van der Waals surface area contributed by atoms with E-state index < -0.39 is 0 Å². The van der Waals surface area contributed by atoms with Gasteiger partial charge in [-0.15, -0.1) is 0 Å². The first-order valence-electron chi connectivity index (χ1n) is 8.48. The van der Waals surface area contributed by atoms with Crippen molar-refractivity contribution in [1.29, 1.82) is 0 Å². The van der Waals surface area contributed by atoms with E-state index in [1.54, 1.807) is 0 Å². The first kappa shape index (κ1) is 15.0. The molecule has 1 spiro atoms. The molecule has 3 rings (SSSR count). The standard InChI is InChI=1S/C17H30N4/c1-5-21-15(10-14(2)19-21)11-20-13-16(3,4)18-12-17(20)8-6-7-9-17/h10,18H,5-9,11-13H2,1-4H3. The zero-order chi connectivity index (χ0) is 15.1. The summed E-state index contributed by atoms with van der Waals surface area (Å²) in [5.41, 5.74) is 3.10. The van der Waals surface area contributed by atoms with Crippen molar-refractivity contribution in [3.8, 4) is 0 Å². The normalized spacial score (nSPS) is 24.8. The molecule has 0 bridgehead atoms. The Kier molecular flexibility index (Phi) is 3.87. The molecule has 0 unspecified atom stereocenters. The quantitative estimate of drug-likeness (QED) is 0.929. The number of hydrogen-bond donors (Lipinski definition) is 1. The molecule has 4 heteroatoms. The minimum atomic E-state index is 0.208. The molecule has 1 aromatic rings. The lowest BCUT2D eigenvalue weighted by Crippen LogP contribution is -2.67. The molecule has 1 saturated carbocycles. The van der Waals surface area contributed by atoms with Gasteiger partial charge in [-0.3, -0.25) is 9.58 Å². The van der Waals surface area contributed by atoms with Crippen molar-refractivity contribution in [2.75, 3.05) is 13.1 Å². The molecule has 0 radical (unpaired) electrons. The summed E-state index contributed by atoms with van der Waals surface area (Å²) in [6.07, 6.45) is 5.44. The summed E-state index contributed by atoms with van der Waals surface area (Å²) in [5, 5.41) is 8.40. The number of hydrogen-bond acceptors (Lipinski definition) is 3. The molecular formula is C17H30N4. The number of nitrogens with one attached hydrogen (secondary N) is 1. The van der Waals surface area contributed by atoms with Gasteiger partial charge < -0.3 is 5.32 Å². The highest BCUT2D eigenvalue weighted by molar-refractivity contribution is 5.12. The van der Waals surface area contributed by atoms with Gasteiger partial charge in [0, 0.05) is 37.3 Å². The fourth-order valence-corrected chi connectivity index (χ4v) is 4.16. The topological polar surface area (TPSA) is 33.1 Å². The number of aryl methyl sites for hydroxylation is 2. The highest BCUT2D eigenvalue weighted by Gasteiger charge is 2.45. The lowest BCUT2D eigenvalue weighted by molar-refractivity contribution is 0.0103. The van der Waals surface area contributed by atoms with Gasteiger partial charge in [-0.2, -0.15) is 5.10 Å². The van der Waals surface area contributed by atoms with E-state index in [9.17, 15) is 0 Å². The van der Waals surface area contributed by atoms with Gasteiger partial charge >= 0.3 is 0 Å². The lowest BCUT2D eigenvalue weighted by Gasteiger charge is -2.51. The van der Waals surface area contributed by atoms with Gasteiger partial charge in [0.1, 0.15) is 0 Å². The Balaban J connectivity index is 1.85. The van der Waals surface area contributed by atoms with Gasteiger partial charge in [-0.05, 0) is 46.6 Å². The Morgan fingerprint density at radius 1 is 1.29 bits per heavy atom. The van der Waals surface area contributed by atoms with Crippen LogP contribution < -0.4 is 5.32 Å². The average Bonchev–Trinajstić information content (AvgIpc) is 3.02. The monoisotopic (exact) mass is 290 g/mol. The van der Waals surface area contributed by atoms with Crippen LogP contribution in [0.15, 0.2) is 6.07 Å². The van der Waals surface area contributed by atoms with Gasteiger partial charge in [-0.1, -0.05) is 12.8 Å². The SMILES string of the molecule is CCn1nc(C)cc1CN1CC(C)(C)NCC12CCCC2. The third kappa shape index (κ3) is 2.88. The summed E-state index contributed by atoms with van der Waals surface area (Å²) in [6.45, 7) is 13.2. The molecule has 4 nitrogen and oxygen atoms in total. The van der Waals surface area contributed by atoms with E-state index in [4.69, 9.17) is 0 Å². The van der Waals surface area contributed by atoms with Crippen LogP contribution in [0.25, 0.3) is 0 Å². The van der Waals surface area contributed by atoms with Crippen LogP contribution in [0.2, 0.25) is 0 Å². The summed E-state index contributed by atoms with van der Waals surface area (Å²) < 4.78 is 2.17. The minimum absolute atomic E-state index is 0.208. The van der Waals surface area contributed by atoms with Crippen molar-refractivity contribution in [3.63, 3.8) is 0 Å². The van der Waals surface area contributed by atoms with Crippen LogP contribution >= 0.6 is 0 Å². The summed E-state index contributed by atoms with van der Waals surface area (Å²) in [7, 11) is 0. The second-order valence-electron chi connectivity index (χ2n) is 7.62. The van der Waals surface area contributed by atoms with E-state index in [1.165, 1.54) is 31.4 Å². The van der Waals surface area contributed by atoms with E-state index in [0.29, 0.717) is 5.54 Å². The summed E-state index contributed by atoms with van der Waals surface area (Å²) >= 11 is 0. The van der Waals surface area contributed by atoms with Crippen molar-refractivity contribution < 1.29 is 0 Å². The molecule has 1 aliphatic carbocycles. The Labute approximate surface area is 128 Å². The van der Waals surface area contributed by atoms with Crippen LogP contribution in [-0.2, 0) is 13.1 Å². The van der Waals surface area contributed by atoms with Gasteiger partial charge in [0.05, 0.1) is 11.4 Å². The molecule has 0 aromatic carbocycles. The fourth-order valence-electron chi connectivity index (χ4n) is 4.16. The molecule has 0 atom stereocenters. The van der Waals surface area contributed by atoms with Crippen molar-refractivity contribution in [1.82, 2.24) is 20.0 Å². The summed E-state index contributed by atoms with van der Waals surface area (Å²) in [5.74, 6) is 0. The highest BCUT2D eigenvalue weighted by Crippen LogP contribution is 2.39. The molecule has 0 amide bonds. The zero-order valence-corrected chi connectivity index (χ0v) is 14.1. The molecule has 1 aliphatic heterocycles. The lowest BCUT2D eigenvalue weighted by atomic mass is 9.87. The molecule has 21 heavy (non-hydrogen) atoms. The summed E-state index contributed by atoms with van der Waals surface area (Å²) in [6, 6.07) is 2.27. The van der Waals surface area contributed by atoms with Crippen molar-refractivity contribution >= 4 is 0 Å². The molecule has 2 heterocycles. The van der Waals surface area contributed by atoms with Crippen LogP contribution in [0.3, 0.4) is 0 Å². The molecular weight excluding hydrogens is 260 g/mol. The zero-order valence-electron chi connectivity index (χ0n) is 14.1. The number of rotatable bonds is 3. The highest BCUT2D eigenvalue weighted by atomic mass is 15.3. The molecule has 2 aliphatic rings. The van der Waals surface area contributed by atoms with Gasteiger partial charge in [-0.25, -0.2) is 0 Å². The third-order valence-electron chi connectivity index (χ3n) is 5.33. The van der Waals surface area contributed by atoms with Crippen LogP contribution in [-0.4, -0.2) is 38.8 Å². The predicted molar refractivity (Wildman–Crippen MR) is 86.3 cm³/mol. The largest absolute Gasteiger partial charge is 0.309 e. The molecule has 1 aromatic heterocycles.